The van der Waals surface area contributed by atoms with Gasteiger partial charge in [0.15, 0.2) is 5.78 Å². The van der Waals surface area contributed by atoms with Gasteiger partial charge in [0, 0.05) is 11.5 Å². The summed E-state index contributed by atoms with van der Waals surface area (Å²) in [6.07, 6.45) is -1.38. The fourth-order valence-corrected chi connectivity index (χ4v) is 3.32. The number of hydrogen-bond donors (Lipinski definition) is 0. The van der Waals surface area contributed by atoms with Crippen LogP contribution in [0.1, 0.15) is 47.2 Å². The fourth-order valence-electron chi connectivity index (χ4n) is 3.32. The molecule has 2 unspecified atom stereocenters. The molecular weight excluding hydrogens is 295 g/mol. The van der Waals surface area contributed by atoms with Crippen molar-refractivity contribution < 1.29 is 22.7 Å². The molecule has 2 fully saturated rings. The van der Waals surface area contributed by atoms with E-state index in [9.17, 15) is 18.0 Å². The molecule has 3 rings (SSSR count). The molecule has 0 radical (unpaired) electrons. The topological polar surface area (TPSA) is 50.1 Å². The number of alkyl halides is 3. The summed E-state index contributed by atoms with van der Waals surface area (Å²) in [4.78, 5) is 12.6. The number of ketones is 1. The average molecular weight is 309 g/mol. The van der Waals surface area contributed by atoms with Gasteiger partial charge in [0.1, 0.15) is 0 Å². The zero-order valence-corrected chi connectivity index (χ0v) is 11.7. The van der Waals surface area contributed by atoms with Crippen LogP contribution in [0.15, 0.2) is 18.2 Å². The first kappa shape index (κ1) is 15.0. The van der Waals surface area contributed by atoms with Gasteiger partial charge in [-0.15, -0.1) is 0 Å². The van der Waals surface area contributed by atoms with Gasteiger partial charge >= 0.3 is 6.18 Å². The summed E-state index contributed by atoms with van der Waals surface area (Å²) in [7, 11) is 0. The standard InChI is InChI=1S/C16H14F3NO2/c17-16(18,19)11-1-4-14(10(5-11)8-20)15(21)9-6-12-2-3-13(7-9)22-12/h1,4-5,9,12-13H,2-3,6-7H2. The highest BCUT2D eigenvalue weighted by Gasteiger charge is 2.39. The van der Waals surface area contributed by atoms with E-state index >= 15 is 0 Å². The van der Waals surface area contributed by atoms with Crippen LogP contribution in [0.5, 0.6) is 0 Å². The van der Waals surface area contributed by atoms with E-state index < -0.39 is 11.7 Å². The molecule has 2 aliphatic heterocycles. The molecule has 0 aromatic heterocycles. The van der Waals surface area contributed by atoms with Crippen LogP contribution in [0.2, 0.25) is 0 Å². The molecule has 3 nitrogen and oxygen atoms in total. The van der Waals surface area contributed by atoms with Crippen molar-refractivity contribution in [3.8, 4) is 6.07 Å². The van der Waals surface area contributed by atoms with Crippen LogP contribution >= 0.6 is 0 Å². The number of rotatable bonds is 2. The molecule has 0 N–H and O–H groups in total. The molecule has 116 valence electrons. The molecule has 1 aromatic carbocycles. The molecule has 0 saturated carbocycles. The molecule has 2 aliphatic rings. The third-order valence-corrected chi connectivity index (χ3v) is 4.39. The summed E-state index contributed by atoms with van der Waals surface area (Å²) in [6, 6.07) is 4.45. The van der Waals surface area contributed by atoms with Crippen LogP contribution in [-0.4, -0.2) is 18.0 Å². The second-order valence-corrected chi connectivity index (χ2v) is 5.86. The number of hydrogen-bond acceptors (Lipinski definition) is 3. The minimum absolute atomic E-state index is 0.0627. The Balaban J connectivity index is 1.88. The van der Waals surface area contributed by atoms with E-state index in [2.05, 4.69) is 0 Å². The molecule has 0 aliphatic carbocycles. The monoisotopic (exact) mass is 309 g/mol. The van der Waals surface area contributed by atoms with Gasteiger partial charge < -0.3 is 4.74 Å². The molecule has 0 spiro atoms. The van der Waals surface area contributed by atoms with Gasteiger partial charge in [0.2, 0.25) is 0 Å². The molecule has 2 heterocycles. The third kappa shape index (κ3) is 2.73. The average Bonchev–Trinajstić information content (AvgIpc) is 2.83. The lowest BCUT2D eigenvalue weighted by Gasteiger charge is -2.27. The van der Waals surface area contributed by atoms with Crippen molar-refractivity contribution in [2.24, 2.45) is 5.92 Å². The lowest BCUT2D eigenvalue weighted by Crippen LogP contribution is -2.30. The highest BCUT2D eigenvalue weighted by atomic mass is 19.4. The SMILES string of the molecule is N#Cc1cc(C(F)(F)F)ccc1C(=O)C1CC2CCC(C1)O2. The summed E-state index contributed by atoms with van der Waals surface area (Å²) in [5, 5.41) is 9.08. The van der Waals surface area contributed by atoms with E-state index in [-0.39, 0.29) is 35.0 Å². The number of carbonyl (C=O) groups excluding carboxylic acids is 1. The number of fused-ring (bicyclic) bond motifs is 2. The minimum atomic E-state index is -4.52. The Bertz CT molecular complexity index is 636. The molecule has 2 atom stereocenters. The zero-order chi connectivity index (χ0) is 15.9. The number of nitriles is 1. The van der Waals surface area contributed by atoms with Crippen molar-refractivity contribution >= 4 is 5.78 Å². The summed E-state index contributed by atoms with van der Waals surface area (Å²) < 4.78 is 43.7. The summed E-state index contributed by atoms with van der Waals surface area (Å²) in [6.45, 7) is 0. The van der Waals surface area contributed by atoms with E-state index in [4.69, 9.17) is 10.00 Å². The van der Waals surface area contributed by atoms with Crippen molar-refractivity contribution in [2.75, 3.05) is 0 Å². The number of Topliss-reactive ketones (excluding diaryl/α,β-unsaturated/α-hetero) is 1. The molecule has 0 amide bonds. The van der Waals surface area contributed by atoms with Gasteiger partial charge in [-0.05, 0) is 43.9 Å². The fraction of sp³-hybridized carbons (Fsp3) is 0.500. The minimum Gasteiger partial charge on any atom is -0.375 e. The Morgan fingerprint density at radius 2 is 1.86 bits per heavy atom. The zero-order valence-electron chi connectivity index (χ0n) is 11.7. The van der Waals surface area contributed by atoms with Crippen LogP contribution in [0.25, 0.3) is 0 Å². The van der Waals surface area contributed by atoms with Gasteiger partial charge in [-0.1, -0.05) is 0 Å². The van der Waals surface area contributed by atoms with Crippen molar-refractivity contribution in [1.82, 2.24) is 0 Å². The van der Waals surface area contributed by atoms with Crippen LogP contribution in [-0.2, 0) is 10.9 Å². The summed E-state index contributed by atoms with van der Waals surface area (Å²) >= 11 is 0. The lowest BCUT2D eigenvalue weighted by atomic mass is 9.86. The first-order valence-electron chi connectivity index (χ1n) is 7.19. The van der Waals surface area contributed by atoms with Crippen LogP contribution in [0.4, 0.5) is 13.2 Å². The van der Waals surface area contributed by atoms with Crippen LogP contribution < -0.4 is 0 Å². The Hall–Kier alpha value is -1.87. The van der Waals surface area contributed by atoms with Gasteiger partial charge in [0.25, 0.3) is 0 Å². The number of benzene rings is 1. The molecule has 2 saturated heterocycles. The maximum Gasteiger partial charge on any atom is 0.416 e. The quantitative estimate of drug-likeness (QED) is 0.782. The van der Waals surface area contributed by atoms with E-state index in [1.54, 1.807) is 6.07 Å². The first-order valence-corrected chi connectivity index (χ1v) is 7.19. The predicted molar refractivity (Wildman–Crippen MR) is 71.1 cm³/mol. The number of carbonyl (C=O) groups is 1. The van der Waals surface area contributed by atoms with E-state index in [1.165, 1.54) is 0 Å². The lowest BCUT2D eigenvalue weighted by molar-refractivity contribution is -0.137. The van der Waals surface area contributed by atoms with Gasteiger partial charge in [-0.3, -0.25) is 4.79 Å². The van der Waals surface area contributed by atoms with Gasteiger partial charge in [-0.2, -0.15) is 18.4 Å². The summed E-state index contributed by atoms with van der Waals surface area (Å²) in [5.74, 6) is -0.513. The Labute approximate surface area is 125 Å². The smallest absolute Gasteiger partial charge is 0.375 e. The Kier molecular flexibility index (Phi) is 3.69. The molecule has 6 heteroatoms. The normalized spacial score (nSPS) is 27.5. The largest absolute Gasteiger partial charge is 0.416 e. The van der Waals surface area contributed by atoms with E-state index in [0.29, 0.717) is 12.8 Å². The van der Waals surface area contributed by atoms with Gasteiger partial charge in [-0.25, -0.2) is 0 Å². The van der Waals surface area contributed by atoms with Crippen molar-refractivity contribution in [1.29, 1.82) is 5.26 Å². The highest BCUT2D eigenvalue weighted by molar-refractivity contribution is 6.00. The summed E-state index contributed by atoms with van der Waals surface area (Å²) in [5.41, 5.74) is -1.03. The predicted octanol–water partition coefficient (Wildman–Crippen LogP) is 3.72. The maximum absolute atomic E-state index is 12.7. The third-order valence-electron chi connectivity index (χ3n) is 4.39. The van der Waals surface area contributed by atoms with E-state index in [1.807, 2.05) is 0 Å². The van der Waals surface area contributed by atoms with E-state index in [0.717, 1.165) is 31.0 Å². The molecular formula is C16H14F3NO2. The Morgan fingerprint density at radius 1 is 1.23 bits per heavy atom. The number of halogens is 3. The van der Waals surface area contributed by atoms with Gasteiger partial charge in [0.05, 0.1) is 29.4 Å². The molecule has 22 heavy (non-hydrogen) atoms. The molecule has 2 bridgehead atoms. The van der Waals surface area contributed by atoms with Crippen LogP contribution in [0.3, 0.4) is 0 Å². The molecule has 1 aromatic rings. The number of ether oxygens (including phenoxy) is 1. The van der Waals surface area contributed by atoms with Crippen molar-refractivity contribution in [3.63, 3.8) is 0 Å². The second-order valence-electron chi connectivity index (χ2n) is 5.86. The second kappa shape index (κ2) is 5.40. The van der Waals surface area contributed by atoms with Crippen LogP contribution in [0, 0.1) is 17.2 Å². The van der Waals surface area contributed by atoms with Crippen molar-refractivity contribution in [3.05, 3.63) is 34.9 Å². The van der Waals surface area contributed by atoms with Crippen molar-refractivity contribution in [2.45, 2.75) is 44.1 Å². The maximum atomic E-state index is 12.7. The number of nitrogens with zero attached hydrogens (tertiary/aromatic N) is 1. The Morgan fingerprint density at radius 3 is 2.41 bits per heavy atom. The highest BCUT2D eigenvalue weighted by Crippen LogP contribution is 2.38. The first-order chi connectivity index (χ1) is 10.4.